The van der Waals surface area contributed by atoms with Crippen molar-refractivity contribution in [3.63, 3.8) is 0 Å². The van der Waals surface area contributed by atoms with E-state index < -0.39 is 26.6 Å². The van der Waals surface area contributed by atoms with Gasteiger partial charge in [0.1, 0.15) is 13.2 Å². The lowest BCUT2D eigenvalue weighted by atomic mass is 10.0. The minimum absolute atomic E-state index is 0.00703. The number of nitrogens with one attached hydrogen (secondary N) is 1. The first-order valence-electron chi connectivity index (χ1n) is 36.4. The van der Waals surface area contributed by atoms with Crippen molar-refractivity contribution in [1.29, 1.82) is 0 Å². The Balaban J connectivity index is 4.06. The number of carbonyl (C=O) groups excluding carboxylic acids is 1. The maximum Gasteiger partial charge on any atom is 0.268 e. The Morgan fingerprint density at radius 2 is 0.683 bits per heavy atom. The molecular formula is C73H143N2O6P. The summed E-state index contributed by atoms with van der Waals surface area (Å²) < 4.78 is 23.4. The van der Waals surface area contributed by atoms with Crippen molar-refractivity contribution in [3.8, 4) is 0 Å². The van der Waals surface area contributed by atoms with Crippen molar-refractivity contribution in [1.82, 2.24) is 5.32 Å². The van der Waals surface area contributed by atoms with Crippen molar-refractivity contribution >= 4 is 13.7 Å². The van der Waals surface area contributed by atoms with Gasteiger partial charge >= 0.3 is 0 Å². The fraction of sp³-hybridized carbons (Fsp3) is 0.904. The lowest BCUT2D eigenvalue weighted by molar-refractivity contribution is -0.870. The molecule has 8 nitrogen and oxygen atoms in total. The topological polar surface area (TPSA) is 108 Å². The Labute approximate surface area is 512 Å². The van der Waals surface area contributed by atoms with E-state index in [4.69, 9.17) is 9.05 Å². The van der Waals surface area contributed by atoms with Gasteiger partial charge in [-0.05, 0) is 44.9 Å². The van der Waals surface area contributed by atoms with E-state index >= 15 is 0 Å². The van der Waals surface area contributed by atoms with Crippen LogP contribution in [0.3, 0.4) is 0 Å². The van der Waals surface area contributed by atoms with E-state index in [1.54, 1.807) is 6.08 Å². The minimum Gasteiger partial charge on any atom is -0.756 e. The predicted molar refractivity (Wildman–Crippen MR) is 358 cm³/mol. The highest BCUT2D eigenvalue weighted by Crippen LogP contribution is 2.38. The summed E-state index contributed by atoms with van der Waals surface area (Å²) in [5.41, 5.74) is 0. The summed E-state index contributed by atoms with van der Waals surface area (Å²) >= 11 is 0. The summed E-state index contributed by atoms with van der Waals surface area (Å²) in [7, 11) is 1.25. The number of quaternary nitrogens is 1. The molecule has 0 heterocycles. The lowest BCUT2D eigenvalue weighted by Crippen LogP contribution is -2.45. The fourth-order valence-electron chi connectivity index (χ4n) is 11.2. The number of unbranched alkanes of at least 4 members (excludes halogenated alkanes) is 51. The lowest BCUT2D eigenvalue weighted by Gasteiger charge is -2.29. The standard InChI is InChI=1S/C73H143N2O6P/c1-6-8-10-12-14-16-18-20-22-24-26-28-30-32-34-36-37-38-39-41-43-45-47-49-51-53-55-57-59-61-63-65-67-73(77)74-71(70-81-82(78,79)80-69-68-75(3,4)5)72(76)66-64-62-60-58-56-54-52-50-48-46-44-42-40-35-33-31-29-27-25-23-21-19-17-15-13-11-9-7-2/h48,50,56,58,64,66,71-72,76H,6-47,49,51-55,57,59-63,65,67-70H2,1-5H3,(H-,74,77,78,79)/b50-48+,58-56+,66-64+. The molecule has 486 valence electrons. The number of hydrogen-bond acceptors (Lipinski definition) is 6. The van der Waals surface area contributed by atoms with Crippen LogP contribution in [0.2, 0.25) is 0 Å². The molecule has 0 radical (unpaired) electrons. The average Bonchev–Trinajstić information content (AvgIpc) is 3.45. The highest BCUT2D eigenvalue weighted by Gasteiger charge is 2.23. The summed E-state index contributed by atoms with van der Waals surface area (Å²) in [6.07, 6.45) is 85.8. The average molecular weight is 1180 g/mol. The molecule has 0 aliphatic carbocycles. The molecule has 0 rings (SSSR count). The number of allylic oxidation sites excluding steroid dienone is 5. The third kappa shape index (κ3) is 66.2. The van der Waals surface area contributed by atoms with Gasteiger partial charge in [0.2, 0.25) is 5.91 Å². The number of phosphoric acid groups is 1. The van der Waals surface area contributed by atoms with Crippen molar-refractivity contribution in [2.75, 3.05) is 40.9 Å². The van der Waals surface area contributed by atoms with E-state index in [1.807, 2.05) is 27.2 Å². The van der Waals surface area contributed by atoms with Gasteiger partial charge in [-0.3, -0.25) is 9.36 Å². The fourth-order valence-corrected chi connectivity index (χ4v) is 11.9. The molecule has 0 fully saturated rings. The third-order valence-corrected chi connectivity index (χ3v) is 17.8. The summed E-state index contributed by atoms with van der Waals surface area (Å²) in [4.78, 5) is 25.6. The second kappa shape index (κ2) is 64.2. The molecule has 82 heavy (non-hydrogen) atoms. The van der Waals surface area contributed by atoms with E-state index in [0.29, 0.717) is 17.4 Å². The van der Waals surface area contributed by atoms with Gasteiger partial charge in [-0.1, -0.05) is 359 Å². The number of hydrogen-bond donors (Lipinski definition) is 2. The Hall–Kier alpha value is -1.28. The summed E-state index contributed by atoms with van der Waals surface area (Å²) in [5.74, 6) is -0.203. The maximum atomic E-state index is 13.0. The zero-order chi connectivity index (χ0) is 59.8. The SMILES string of the molecule is CCCCCCCCCCCCCCCCCCCC/C=C/CC/C=C/CC/C=C/C(O)C(COP(=O)([O-])OCC[N+](C)(C)C)NC(=O)CCCCCCCCCCCCCCCCCCCCCCCCCCCCCCCCCC. The van der Waals surface area contributed by atoms with Crippen LogP contribution in [-0.2, 0) is 18.4 Å². The van der Waals surface area contributed by atoms with E-state index in [1.165, 1.54) is 308 Å². The highest BCUT2D eigenvalue weighted by molar-refractivity contribution is 7.45. The van der Waals surface area contributed by atoms with Crippen LogP contribution in [-0.4, -0.2) is 68.5 Å². The molecule has 0 aliphatic heterocycles. The van der Waals surface area contributed by atoms with Gasteiger partial charge in [-0.2, -0.15) is 0 Å². The Morgan fingerprint density at radius 3 is 0.988 bits per heavy atom. The molecule has 0 aromatic carbocycles. The van der Waals surface area contributed by atoms with E-state index in [-0.39, 0.29) is 12.5 Å². The molecule has 9 heteroatoms. The van der Waals surface area contributed by atoms with Crippen LogP contribution in [0.5, 0.6) is 0 Å². The molecule has 0 saturated carbocycles. The molecule has 2 N–H and O–H groups in total. The number of phosphoric ester groups is 1. The molecule has 0 aromatic rings. The first-order valence-corrected chi connectivity index (χ1v) is 37.8. The first kappa shape index (κ1) is 80.7. The summed E-state index contributed by atoms with van der Waals surface area (Å²) in [5, 5.41) is 13.9. The molecule has 0 spiro atoms. The number of aliphatic hydroxyl groups is 1. The number of rotatable bonds is 68. The highest BCUT2D eigenvalue weighted by atomic mass is 31.2. The van der Waals surface area contributed by atoms with Crippen molar-refractivity contribution < 1.29 is 32.9 Å². The molecule has 0 saturated heterocycles. The van der Waals surface area contributed by atoms with Crippen LogP contribution in [0, 0.1) is 0 Å². The zero-order valence-corrected chi connectivity index (χ0v) is 56.6. The number of carbonyl (C=O) groups is 1. The Bertz CT molecular complexity index is 1430. The largest absolute Gasteiger partial charge is 0.756 e. The van der Waals surface area contributed by atoms with Gasteiger partial charge in [0, 0.05) is 6.42 Å². The minimum atomic E-state index is -4.61. The maximum absolute atomic E-state index is 13.0. The molecule has 1 amide bonds. The third-order valence-electron chi connectivity index (χ3n) is 16.8. The Kier molecular flexibility index (Phi) is 63.2. The van der Waals surface area contributed by atoms with Crippen molar-refractivity contribution in [2.45, 2.75) is 386 Å². The second-order valence-corrected chi connectivity index (χ2v) is 27.7. The van der Waals surface area contributed by atoms with E-state index in [2.05, 4.69) is 43.5 Å². The number of aliphatic hydroxyl groups excluding tert-OH is 1. The number of amides is 1. The zero-order valence-electron chi connectivity index (χ0n) is 55.7. The van der Waals surface area contributed by atoms with E-state index in [9.17, 15) is 19.4 Å². The first-order chi connectivity index (χ1) is 40.0. The summed E-state index contributed by atoms with van der Waals surface area (Å²) in [6.45, 7) is 4.68. The molecule has 0 aromatic heterocycles. The van der Waals surface area contributed by atoms with Gasteiger partial charge in [-0.15, -0.1) is 0 Å². The second-order valence-electron chi connectivity index (χ2n) is 26.3. The van der Waals surface area contributed by atoms with Gasteiger partial charge < -0.3 is 28.8 Å². The van der Waals surface area contributed by atoms with Crippen molar-refractivity contribution in [3.05, 3.63) is 36.5 Å². The molecule has 3 atom stereocenters. The van der Waals surface area contributed by atoms with Crippen LogP contribution in [0.4, 0.5) is 0 Å². The quantitative estimate of drug-likeness (QED) is 0.0272. The molecule has 0 bridgehead atoms. The van der Waals surface area contributed by atoms with Crippen LogP contribution in [0.25, 0.3) is 0 Å². The van der Waals surface area contributed by atoms with Gasteiger partial charge in [0.15, 0.2) is 0 Å². The monoisotopic (exact) mass is 1180 g/mol. The number of nitrogens with zero attached hydrogens (tertiary/aromatic N) is 1. The number of likely N-dealkylation sites (N-methyl/N-ethyl adjacent to an activating group) is 1. The van der Waals surface area contributed by atoms with Crippen LogP contribution in [0.1, 0.15) is 373 Å². The van der Waals surface area contributed by atoms with Crippen molar-refractivity contribution in [2.24, 2.45) is 0 Å². The molecular weight excluding hydrogens is 1030 g/mol. The van der Waals surface area contributed by atoms with Crippen LogP contribution >= 0.6 is 7.82 Å². The molecule has 3 unspecified atom stereocenters. The molecule has 0 aliphatic rings. The van der Waals surface area contributed by atoms with Crippen LogP contribution < -0.4 is 10.2 Å². The normalized spacial score (nSPS) is 13.8. The smallest absolute Gasteiger partial charge is 0.268 e. The van der Waals surface area contributed by atoms with Gasteiger partial charge in [0.25, 0.3) is 7.82 Å². The van der Waals surface area contributed by atoms with Gasteiger partial charge in [0.05, 0.1) is 39.9 Å². The van der Waals surface area contributed by atoms with Gasteiger partial charge in [-0.25, -0.2) is 0 Å². The van der Waals surface area contributed by atoms with Crippen LogP contribution in [0.15, 0.2) is 36.5 Å². The summed E-state index contributed by atoms with van der Waals surface area (Å²) in [6, 6.07) is -0.910. The predicted octanol–water partition coefficient (Wildman–Crippen LogP) is 22.6. The van der Waals surface area contributed by atoms with E-state index in [0.717, 1.165) is 44.9 Å². The Morgan fingerprint density at radius 1 is 0.415 bits per heavy atom.